The molecule has 0 fully saturated rings. The lowest BCUT2D eigenvalue weighted by Crippen LogP contribution is -2.25. The molecule has 0 aliphatic rings. The highest BCUT2D eigenvalue weighted by molar-refractivity contribution is 6.30. The number of hydrogen-bond acceptors (Lipinski definition) is 3. The third-order valence-electron chi connectivity index (χ3n) is 3.87. The predicted octanol–water partition coefficient (Wildman–Crippen LogP) is 3.89. The number of halogens is 4. The molecule has 0 amide bonds. The third kappa shape index (κ3) is 3.60. The normalized spacial score (nSPS) is 11.7. The van der Waals surface area contributed by atoms with Gasteiger partial charge in [0.2, 0.25) is 5.62 Å². The minimum absolute atomic E-state index is 0.0218. The maximum absolute atomic E-state index is 12.5. The van der Waals surface area contributed by atoms with Gasteiger partial charge in [0, 0.05) is 23.7 Å². The van der Waals surface area contributed by atoms with E-state index in [0.717, 1.165) is 6.07 Å². The van der Waals surface area contributed by atoms with Gasteiger partial charge in [-0.2, -0.15) is 0 Å². The second kappa shape index (κ2) is 6.53. The standard InChI is InChI=1S/C17H13ClF3N3O2/c1-23-13-7-6-12(26-17(19,20)21)8-14(13)24(16(23)22)9-15(25)10-2-4-11(18)5-3-10/h2-8,22H,9H2,1H3. The van der Waals surface area contributed by atoms with Crippen LogP contribution in [0.15, 0.2) is 42.5 Å². The number of fused-ring (bicyclic) bond motifs is 1. The van der Waals surface area contributed by atoms with Gasteiger partial charge >= 0.3 is 6.36 Å². The first kappa shape index (κ1) is 18.1. The van der Waals surface area contributed by atoms with Crippen molar-refractivity contribution in [2.45, 2.75) is 12.9 Å². The average molecular weight is 384 g/mol. The average Bonchev–Trinajstić information content (AvgIpc) is 2.78. The summed E-state index contributed by atoms with van der Waals surface area (Å²) in [4.78, 5) is 12.5. The Morgan fingerprint density at radius 3 is 2.42 bits per heavy atom. The van der Waals surface area contributed by atoms with Crippen molar-refractivity contribution in [3.8, 4) is 5.75 Å². The minimum Gasteiger partial charge on any atom is -0.406 e. The summed E-state index contributed by atoms with van der Waals surface area (Å²) in [6, 6.07) is 9.99. The van der Waals surface area contributed by atoms with Crippen molar-refractivity contribution in [2.24, 2.45) is 7.05 Å². The number of benzene rings is 2. The van der Waals surface area contributed by atoms with Crippen LogP contribution in [0.25, 0.3) is 11.0 Å². The van der Waals surface area contributed by atoms with Crippen molar-refractivity contribution >= 4 is 28.4 Å². The summed E-state index contributed by atoms with van der Waals surface area (Å²) in [6.07, 6.45) is -4.82. The molecule has 3 rings (SSSR count). The number of aromatic nitrogens is 2. The van der Waals surface area contributed by atoms with Gasteiger partial charge in [0.05, 0.1) is 17.6 Å². The molecular formula is C17H13ClF3N3O2. The number of imidazole rings is 1. The van der Waals surface area contributed by atoms with Crippen molar-refractivity contribution < 1.29 is 22.7 Å². The molecule has 0 saturated heterocycles. The van der Waals surface area contributed by atoms with E-state index in [4.69, 9.17) is 17.0 Å². The van der Waals surface area contributed by atoms with E-state index < -0.39 is 12.1 Å². The fourth-order valence-corrected chi connectivity index (χ4v) is 2.77. The van der Waals surface area contributed by atoms with Crippen molar-refractivity contribution in [1.29, 1.82) is 5.41 Å². The van der Waals surface area contributed by atoms with Crippen molar-refractivity contribution in [1.82, 2.24) is 9.13 Å². The first-order valence-electron chi connectivity index (χ1n) is 7.44. The molecule has 0 aliphatic heterocycles. The van der Waals surface area contributed by atoms with E-state index in [1.165, 1.54) is 21.3 Å². The number of nitrogens with zero attached hydrogens (tertiary/aromatic N) is 2. The molecule has 136 valence electrons. The molecular weight excluding hydrogens is 371 g/mol. The lowest BCUT2D eigenvalue weighted by Gasteiger charge is -2.09. The zero-order chi connectivity index (χ0) is 19.1. The van der Waals surface area contributed by atoms with Crippen LogP contribution in [0.1, 0.15) is 10.4 Å². The number of carbonyl (C=O) groups excluding carboxylic acids is 1. The number of ketones is 1. The molecule has 0 atom stereocenters. The summed E-state index contributed by atoms with van der Waals surface area (Å²) in [5.41, 5.74) is 1.17. The van der Waals surface area contributed by atoms with E-state index in [-0.39, 0.29) is 17.9 Å². The molecule has 0 spiro atoms. The van der Waals surface area contributed by atoms with Gasteiger partial charge in [0.25, 0.3) is 0 Å². The first-order chi connectivity index (χ1) is 12.2. The summed E-state index contributed by atoms with van der Waals surface area (Å²) in [5, 5.41) is 8.63. The largest absolute Gasteiger partial charge is 0.573 e. The highest BCUT2D eigenvalue weighted by atomic mass is 35.5. The molecule has 0 saturated carbocycles. The molecule has 1 heterocycles. The summed E-state index contributed by atoms with van der Waals surface area (Å²) in [6.45, 7) is -0.201. The Bertz CT molecular complexity index is 1040. The SMILES string of the molecule is Cn1c(=N)n(CC(=O)c2ccc(Cl)cc2)c2cc(OC(F)(F)F)ccc21. The maximum atomic E-state index is 12.5. The third-order valence-corrected chi connectivity index (χ3v) is 4.13. The molecule has 2 aromatic carbocycles. The molecule has 9 heteroatoms. The number of aryl methyl sites for hydroxylation is 1. The molecule has 0 unspecified atom stereocenters. The fraction of sp³-hybridized carbons (Fsp3) is 0.176. The fourth-order valence-electron chi connectivity index (χ4n) is 2.64. The zero-order valence-electron chi connectivity index (χ0n) is 13.5. The highest BCUT2D eigenvalue weighted by Gasteiger charge is 2.31. The number of nitrogens with one attached hydrogen (secondary N) is 1. The summed E-state index contributed by atoms with van der Waals surface area (Å²) in [7, 11) is 1.60. The lowest BCUT2D eigenvalue weighted by molar-refractivity contribution is -0.274. The van der Waals surface area contributed by atoms with Crippen LogP contribution in [0.5, 0.6) is 5.75 Å². The topological polar surface area (TPSA) is 60.0 Å². The van der Waals surface area contributed by atoms with Crippen LogP contribution >= 0.6 is 11.6 Å². The van der Waals surface area contributed by atoms with Gasteiger partial charge in [-0.15, -0.1) is 13.2 Å². The molecule has 0 bridgehead atoms. The van der Waals surface area contributed by atoms with Gasteiger partial charge in [0.15, 0.2) is 5.78 Å². The predicted molar refractivity (Wildman–Crippen MR) is 89.2 cm³/mol. The van der Waals surface area contributed by atoms with Crippen LogP contribution in [0.3, 0.4) is 0 Å². The summed E-state index contributed by atoms with van der Waals surface area (Å²) < 4.78 is 44.1. The van der Waals surface area contributed by atoms with E-state index >= 15 is 0 Å². The van der Waals surface area contributed by atoms with Gasteiger partial charge in [-0.05, 0) is 36.4 Å². The number of alkyl halides is 3. The van der Waals surface area contributed by atoms with Gasteiger partial charge in [-0.3, -0.25) is 10.2 Å². The van der Waals surface area contributed by atoms with Crippen molar-refractivity contribution in [3.05, 3.63) is 58.7 Å². The Morgan fingerprint density at radius 2 is 1.81 bits per heavy atom. The molecule has 0 aliphatic carbocycles. The second-order valence-corrected chi connectivity index (χ2v) is 6.03. The number of hydrogen-bond donors (Lipinski definition) is 1. The number of rotatable bonds is 4. The van der Waals surface area contributed by atoms with Gasteiger partial charge in [-0.25, -0.2) is 0 Å². The van der Waals surface area contributed by atoms with E-state index in [0.29, 0.717) is 21.6 Å². The zero-order valence-corrected chi connectivity index (χ0v) is 14.2. The monoisotopic (exact) mass is 383 g/mol. The van der Waals surface area contributed by atoms with Crippen LogP contribution in [-0.4, -0.2) is 21.3 Å². The maximum Gasteiger partial charge on any atom is 0.573 e. The van der Waals surface area contributed by atoms with Crippen molar-refractivity contribution in [2.75, 3.05) is 0 Å². The highest BCUT2D eigenvalue weighted by Crippen LogP contribution is 2.26. The molecule has 0 radical (unpaired) electrons. The molecule has 26 heavy (non-hydrogen) atoms. The van der Waals surface area contributed by atoms with Gasteiger partial charge in [0.1, 0.15) is 5.75 Å². The van der Waals surface area contributed by atoms with E-state index in [1.807, 2.05) is 0 Å². The minimum atomic E-state index is -4.82. The van der Waals surface area contributed by atoms with Gasteiger partial charge < -0.3 is 13.9 Å². The summed E-state index contributed by atoms with van der Waals surface area (Å²) >= 11 is 5.80. The van der Waals surface area contributed by atoms with E-state index in [9.17, 15) is 18.0 Å². The Balaban J connectivity index is 2.02. The van der Waals surface area contributed by atoms with Crippen LogP contribution in [-0.2, 0) is 13.6 Å². The Hall–Kier alpha value is -2.74. The molecule has 1 N–H and O–H groups in total. The second-order valence-electron chi connectivity index (χ2n) is 5.60. The Morgan fingerprint density at radius 1 is 1.15 bits per heavy atom. The first-order valence-corrected chi connectivity index (χ1v) is 7.82. The van der Waals surface area contributed by atoms with Gasteiger partial charge in [-0.1, -0.05) is 11.6 Å². The number of carbonyl (C=O) groups is 1. The number of ether oxygens (including phenoxy) is 1. The van der Waals surface area contributed by atoms with E-state index in [1.54, 1.807) is 31.3 Å². The Kier molecular flexibility index (Phi) is 4.53. The Labute approximate surface area is 150 Å². The summed E-state index contributed by atoms with van der Waals surface area (Å²) in [5.74, 6) is -0.710. The molecule has 3 aromatic rings. The van der Waals surface area contributed by atoms with Crippen molar-refractivity contribution in [3.63, 3.8) is 0 Å². The van der Waals surface area contributed by atoms with Crippen LogP contribution < -0.4 is 10.4 Å². The number of Topliss-reactive ketones (excluding diaryl/α,β-unsaturated/α-hetero) is 1. The van der Waals surface area contributed by atoms with Crippen LogP contribution in [0.2, 0.25) is 5.02 Å². The molecule has 5 nitrogen and oxygen atoms in total. The molecule has 1 aromatic heterocycles. The quantitative estimate of drug-likeness (QED) is 0.695. The van der Waals surface area contributed by atoms with Crippen LogP contribution in [0, 0.1) is 5.41 Å². The lowest BCUT2D eigenvalue weighted by atomic mass is 10.1. The smallest absolute Gasteiger partial charge is 0.406 e. The van der Waals surface area contributed by atoms with E-state index in [2.05, 4.69) is 4.74 Å². The van der Waals surface area contributed by atoms with Crippen LogP contribution in [0.4, 0.5) is 13.2 Å².